The summed E-state index contributed by atoms with van der Waals surface area (Å²) in [5, 5.41) is 37.7. The first kappa shape index (κ1) is 33.8. The first-order chi connectivity index (χ1) is 22.6. The van der Waals surface area contributed by atoms with Crippen LogP contribution in [0.3, 0.4) is 0 Å². The van der Waals surface area contributed by atoms with Crippen molar-refractivity contribution >= 4 is 5.97 Å². The van der Waals surface area contributed by atoms with Crippen molar-refractivity contribution in [3.8, 4) is 0 Å². The highest BCUT2D eigenvalue weighted by atomic mass is 16.6. The topological polar surface area (TPSA) is 136 Å². The number of hydrogen-bond donors (Lipinski definition) is 3. The van der Waals surface area contributed by atoms with Gasteiger partial charge < -0.3 is 43.7 Å². The van der Waals surface area contributed by atoms with Gasteiger partial charge in [0.15, 0.2) is 0 Å². The van der Waals surface area contributed by atoms with Crippen LogP contribution in [0.15, 0.2) is 30.3 Å². The average Bonchev–Trinajstić information content (AvgIpc) is 3.44. The van der Waals surface area contributed by atoms with Crippen molar-refractivity contribution in [2.24, 2.45) is 34.5 Å². The molecule has 7 rings (SSSR count). The highest BCUT2D eigenvalue weighted by Gasteiger charge is 2.91. The molecule has 47 heavy (non-hydrogen) atoms. The first-order valence-electron chi connectivity index (χ1n) is 17.4. The van der Waals surface area contributed by atoms with Crippen LogP contribution in [0.25, 0.3) is 0 Å². The van der Waals surface area contributed by atoms with Gasteiger partial charge >= 0.3 is 5.97 Å². The zero-order chi connectivity index (χ0) is 33.5. The molecule has 0 aromatic heterocycles. The van der Waals surface area contributed by atoms with Crippen molar-refractivity contribution in [1.29, 1.82) is 0 Å². The molecule has 0 amide bonds. The lowest BCUT2D eigenvalue weighted by atomic mass is 9.42. The van der Waals surface area contributed by atoms with Gasteiger partial charge in [-0.15, -0.1) is 0 Å². The molecule has 1 heterocycles. The van der Waals surface area contributed by atoms with Crippen LogP contribution < -0.4 is 0 Å². The second-order valence-electron chi connectivity index (χ2n) is 15.0. The number of benzene rings is 1. The zero-order valence-electron chi connectivity index (χ0n) is 28.5. The number of hydrogen-bond acceptors (Lipinski definition) is 11. The molecule has 7 bridgehead atoms. The van der Waals surface area contributed by atoms with Gasteiger partial charge in [0, 0.05) is 82.6 Å². The number of carbonyl (C=O) groups is 1. The van der Waals surface area contributed by atoms with Crippen LogP contribution in [-0.2, 0) is 28.4 Å². The molecule has 1 saturated heterocycles. The minimum Gasteiger partial charge on any atom is -0.455 e. The summed E-state index contributed by atoms with van der Waals surface area (Å²) < 4.78 is 38.6. The van der Waals surface area contributed by atoms with E-state index in [-0.39, 0.29) is 24.3 Å². The molecule has 11 nitrogen and oxygen atoms in total. The SMILES string of the molecule is CCCCO[C@]12[C@H]3[C@@H](OC(=O)c4ccccc4)[C@](O)(C[C@H]3[C@@]34[C@@H](OC)C[C@@H](O)[C@@]5(COC)CN(CC)[C@@H]3[C@@H]1[C@H](OC)[C@H]54)[C@@H](OC)[C@@H]2O. The Morgan fingerprint density at radius 1 is 1.00 bits per heavy atom. The molecular weight excluding hydrogens is 606 g/mol. The quantitative estimate of drug-likeness (QED) is 0.224. The number of aliphatic hydroxyl groups is 3. The van der Waals surface area contributed by atoms with Crippen LogP contribution in [0.5, 0.6) is 0 Å². The van der Waals surface area contributed by atoms with Crippen LogP contribution in [-0.4, -0.2) is 135 Å². The van der Waals surface area contributed by atoms with Crippen LogP contribution in [0.1, 0.15) is 49.9 Å². The van der Waals surface area contributed by atoms with Crippen LogP contribution in [0.4, 0.5) is 0 Å². The summed E-state index contributed by atoms with van der Waals surface area (Å²) in [6.45, 7) is 6.17. The number of aliphatic hydroxyl groups excluding tert-OH is 2. The van der Waals surface area contributed by atoms with E-state index in [2.05, 4.69) is 18.7 Å². The number of rotatable bonds is 12. The fourth-order valence-corrected chi connectivity index (χ4v) is 12.5. The van der Waals surface area contributed by atoms with E-state index in [9.17, 15) is 20.1 Å². The molecule has 5 saturated carbocycles. The molecule has 11 heteroatoms. The molecule has 262 valence electrons. The molecule has 5 aliphatic carbocycles. The first-order valence-corrected chi connectivity index (χ1v) is 17.4. The van der Waals surface area contributed by atoms with Gasteiger partial charge in [0.1, 0.15) is 29.5 Å². The third kappa shape index (κ3) is 4.03. The van der Waals surface area contributed by atoms with Crippen molar-refractivity contribution < 1.29 is 48.5 Å². The van der Waals surface area contributed by atoms with E-state index in [1.807, 2.05) is 6.07 Å². The lowest BCUT2D eigenvalue weighted by Gasteiger charge is -2.70. The Balaban J connectivity index is 1.51. The minimum absolute atomic E-state index is 0.175. The number of methoxy groups -OCH3 is 4. The Hall–Kier alpha value is -1.67. The molecule has 0 unspecified atom stereocenters. The maximum atomic E-state index is 13.9. The highest BCUT2D eigenvalue weighted by molar-refractivity contribution is 5.89. The molecular formula is C36H53NO10. The predicted octanol–water partition coefficient (Wildman–Crippen LogP) is 1.90. The fraction of sp³-hybridized carbons (Fsp3) is 0.806. The molecule has 15 atom stereocenters. The monoisotopic (exact) mass is 659 g/mol. The van der Waals surface area contributed by atoms with Crippen LogP contribution in [0, 0.1) is 34.5 Å². The maximum absolute atomic E-state index is 13.9. The van der Waals surface area contributed by atoms with E-state index in [0.29, 0.717) is 38.3 Å². The molecule has 3 N–H and O–H groups in total. The molecule has 6 fully saturated rings. The number of nitrogens with zero attached hydrogens (tertiary/aromatic N) is 1. The summed E-state index contributed by atoms with van der Waals surface area (Å²) in [5.74, 6) is -2.17. The molecule has 0 radical (unpaired) electrons. The second-order valence-corrected chi connectivity index (χ2v) is 15.0. The average molecular weight is 660 g/mol. The number of piperidine rings is 1. The van der Waals surface area contributed by atoms with E-state index in [4.69, 9.17) is 28.4 Å². The standard InChI is InChI=1S/C36H53NO10/c1-7-9-15-46-36-24-21(17-34(41,31(45-6)29(36)39)30(24)47-32(40)20-13-11-10-12-14-20)35-23(43-4)16-22(38)33(19-42-3)18-37(8-2)28(35)25(36)26(44-5)27(33)35/h10-14,21-31,38-39,41H,7-9,15-19H2,1-6H3/t21-,22-,23+,24-,25+,26+,27-,28-,29+,30-,31+,33+,34-,35+,36-/m1/s1. The van der Waals surface area contributed by atoms with Crippen molar-refractivity contribution in [3.63, 3.8) is 0 Å². The maximum Gasteiger partial charge on any atom is 0.338 e. The Morgan fingerprint density at radius 2 is 1.74 bits per heavy atom. The third-order valence-electron chi connectivity index (χ3n) is 13.7. The summed E-state index contributed by atoms with van der Waals surface area (Å²) in [6.07, 6.45) is -2.76. The molecule has 1 spiro atoms. The number of fused-ring (bicyclic) bond motifs is 2. The van der Waals surface area contributed by atoms with Crippen molar-refractivity contribution in [2.75, 3.05) is 54.7 Å². The van der Waals surface area contributed by atoms with Gasteiger partial charge in [0.25, 0.3) is 0 Å². The molecule has 6 aliphatic rings. The molecule has 1 aliphatic heterocycles. The summed E-state index contributed by atoms with van der Waals surface area (Å²) in [6, 6.07) is 8.61. The highest BCUT2D eigenvalue weighted by Crippen LogP contribution is 2.80. The molecule has 1 aromatic rings. The van der Waals surface area contributed by atoms with Crippen molar-refractivity contribution in [3.05, 3.63) is 35.9 Å². The lowest BCUT2D eigenvalue weighted by Crippen LogP contribution is -2.81. The number of carbonyl (C=O) groups excluding carboxylic acids is 1. The van der Waals surface area contributed by atoms with Gasteiger partial charge in [0.05, 0.1) is 30.5 Å². The number of ether oxygens (including phenoxy) is 6. The van der Waals surface area contributed by atoms with Gasteiger partial charge in [-0.1, -0.05) is 38.5 Å². The summed E-state index contributed by atoms with van der Waals surface area (Å²) >= 11 is 0. The van der Waals surface area contributed by atoms with Gasteiger partial charge in [0.2, 0.25) is 0 Å². The number of likely N-dealkylation sites (tertiary alicyclic amines) is 1. The Bertz CT molecular complexity index is 1320. The predicted molar refractivity (Wildman–Crippen MR) is 170 cm³/mol. The molecule has 1 aromatic carbocycles. The van der Waals surface area contributed by atoms with E-state index in [0.717, 1.165) is 12.8 Å². The number of unbranched alkanes of at least 4 members (excludes halogenated alkanes) is 1. The van der Waals surface area contributed by atoms with E-state index < -0.39 is 76.5 Å². The summed E-state index contributed by atoms with van der Waals surface area (Å²) in [7, 11) is 6.57. The minimum atomic E-state index is -1.71. The Morgan fingerprint density at radius 3 is 2.36 bits per heavy atom. The lowest BCUT2D eigenvalue weighted by molar-refractivity contribution is -0.331. The van der Waals surface area contributed by atoms with E-state index >= 15 is 0 Å². The summed E-state index contributed by atoms with van der Waals surface area (Å²) in [4.78, 5) is 16.3. The summed E-state index contributed by atoms with van der Waals surface area (Å²) in [5.41, 5.74) is -4.01. The van der Waals surface area contributed by atoms with Gasteiger partial charge in [-0.3, -0.25) is 4.90 Å². The number of esters is 1. The van der Waals surface area contributed by atoms with Gasteiger partial charge in [-0.2, -0.15) is 0 Å². The van der Waals surface area contributed by atoms with Crippen LogP contribution in [0.2, 0.25) is 0 Å². The van der Waals surface area contributed by atoms with Gasteiger partial charge in [-0.05, 0) is 37.4 Å². The van der Waals surface area contributed by atoms with Crippen LogP contribution >= 0.6 is 0 Å². The largest absolute Gasteiger partial charge is 0.455 e. The van der Waals surface area contributed by atoms with Crippen molar-refractivity contribution in [1.82, 2.24) is 4.90 Å². The third-order valence-corrected chi connectivity index (χ3v) is 13.7. The Kier molecular flexibility index (Phi) is 8.62. The van der Waals surface area contributed by atoms with E-state index in [1.165, 1.54) is 7.11 Å². The fourth-order valence-electron chi connectivity index (χ4n) is 12.5. The van der Waals surface area contributed by atoms with Crippen molar-refractivity contribution in [2.45, 2.75) is 93.4 Å². The zero-order valence-corrected chi connectivity index (χ0v) is 28.5. The smallest absolute Gasteiger partial charge is 0.338 e. The normalized spacial score (nSPS) is 49.3. The Labute approximate surface area is 277 Å². The second kappa shape index (κ2) is 12.0. The van der Waals surface area contributed by atoms with Gasteiger partial charge in [-0.25, -0.2) is 4.79 Å². The van der Waals surface area contributed by atoms with E-state index in [1.54, 1.807) is 45.6 Å².